The fourth-order valence-corrected chi connectivity index (χ4v) is 18.5. The van der Waals surface area contributed by atoms with Crippen molar-refractivity contribution in [3.8, 4) is 46.0 Å². The first-order valence-electron chi connectivity index (χ1n) is 38.6. The molecule has 24 heteroatoms. The molecule has 116 heavy (non-hydrogen) atoms. The van der Waals surface area contributed by atoms with Gasteiger partial charge in [0.1, 0.15) is 46.0 Å². The predicted octanol–water partition coefficient (Wildman–Crippen LogP) is 10.9. The average Bonchev–Trinajstić information content (AvgIpc) is 0.751. The van der Waals surface area contributed by atoms with Crippen molar-refractivity contribution in [2.45, 2.75) is 291 Å². The summed E-state index contributed by atoms with van der Waals surface area (Å²) >= 11 is 0. The summed E-state index contributed by atoms with van der Waals surface area (Å²) in [6, 6.07) is 32.3. The minimum atomic E-state index is -4.68. The molecule has 0 aliphatic carbocycles. The van der Waals surface area contributed by atoms with Gasteiger partial charge in [-0.1, -0.05) is 285 Å². The quantitative estimate of drug-likeness (QED) is 0.101. The zero-order valence-corrected chi connectivity index (χ0v) is 80.0. The van der Waals surface area contributed by atoms with E-state index in [4.69, 9.17) is 36.2 Å². The molecule has 0 amide bonds. The Labute approximate surface area is 741 Å². The molecule has 16 nitrogen and oxygen atoms in total. The van der Waals surface area contributed by atoms with Crippen molar-refractivity contribution < 1.29 is 149 Å². The van der Waals surface area contributed by atoms with Crippen LogP contribution in [-0.2, 0) is 87.3 Å². The number of benzene rings is 8. The molecule has 0 atom stereocenters. The van der Waals surface area contributed by atoms with Crippen LogP contribution in [0.25, 0.3) is 0 Å². The first-order chi connectivity index (χ1) is 50.7. The Morgan fingerprint density at radius 1 is 0.216 bits per heavy atom. The van der Waals surface area contributed by atoms with Crippen molar-refractivity contribution in [3.05, 3.63) is 231 Å². The fraction of sp³-hybridized carbons (Fsp3) is 0.478. The van der Waals surface area contributed by atoms with Crippen molar-refractivity contribution >= 4 is 31.3 Å². The van der Waals surface area contributed by atoms with Gasteiger partial charge in [0, 0.05) is 47.9 Å². The summed E-state index contributed by atoms with van der Waals surface area (Å²) in [7, 11) is -18.3. The van der Waals surface area contributed by atoms with E-state index in [2.05, 4.69) is 203 Å². The van der Waals surface area contributed by atoms with Gasteiger partial charge in [0.25, 0.3) is 0 Å². The fourth-order valence-electron chi connectivity index (χ4n) is 14.6. The summed E-state index contributed by atoms with van der Waals surface area (Å²) in [5, 5.41) is 0. The molecule has 0 bridgehead atoms. The largest absolute Gasteiger partial charge is 1.00 e. The van der Waals surface area contributed by atoms with Gasteiger partial charge >= 0.3 is 107 Å². The van der Waals surface area contributed by atoms with Crippen LogP contribution in [0.3, 0.4) is 0 Å². The molecule has 0 saturated heterocycles. The van der Waals surface area contributed by atoms with E-state index in [0.29, 0.717) is 71.7 Å². The van der Waals surface area contributed by atoms with E-state index in [1.807, 2.05) is 116 Å². The van der Waals surface area contributed by atoms with E-state index in [1.165, 1.54) is 0 Å². The Bertz CT molecular complexity index is 4920. The van der Waals surface area contributed by atoms with Gasteiger partial charge in [-0.15, -0.1) is 0 Å². The molecule has 12 rings (SSSR count). The maximum Gasteiger partial charge on any atom is 1.00 e. The van der Waals surface area contributed by atoms with Crippen LogP contribution >= 0.6 is 31.3 Å². The minimum absolute atomic E-state index is 0. The van der Waals surface area contributed by atoms with Crippen molar-refractivity contribution in [3.63, 3.8) is 0 Å². The molecule has 0 radical (unpaired) electrons. The maximum absolute atomic E-state index is 13.3. The van der Waals surface area contributed by atoms with Crippen LogP contribution in [0.2, 0.25) is 0 Å². The summed E-state index contributed by atoms with van der Waals surface area (Å²) in [6.45, 7) is 66.2. The predicted molar refractivity (Wildman–Crippen MR) is 446 cm³/mol. The third-order valence-corrected chi connectivity index (χ3v) is 23.7. The van der Waals surface area contributed by atoms with E-state index in [9.17, 15) is 37.8 Å². The zero-order chi connectivity index (χ0) is 84.3. The Hall–Kier alpha value is -4.69. The molecule has 0 fully saturated rings. The smallest absolute Gasteiger partial charge is 0.736 e. The molecular formula is C92H120Li4O16P4. The number of fused-ring (bicyclic) bond motifs is 8. The molecule has 0 saturated carbocycles. The number of phosphoric acid groups is 4. The second-order valence-electron chi connectivity index (χ2n) is 39.6. The Morgan fingerprint density at radius 2 is 0.371 bits per heavy atom. The molecule has 4 aliphatic rings. The number of aryl methyl sites for hydroxylation is 8. The van der Waals surface area contributed by atoms with Crippen molar-refractivity contribution in [1.29, 1.82) is 0 Å². The number of rotatable bonds is 0. The summed E-state index contributed by atoms with van der Waals surface area (Å²) in [5.74, 6) is 3.15. The van der Waals surface area contributed by atoms with E-state index >= 15 is 0 Å². The summed E-state index contributed by atoms with van der Waals surface area (Å²) in [6.07, 6.45) is 2.22. The number of hydrogen-bond acceptors (Lipinski definition) is 16. The number of phosphoric ester groups is 4. The molecule has 4 heterocycles. The van der Waals surface area contributed by atoms with Crippen LogP contribution in [0.15, 0.2) is 97.1 Å². The monoisotopic (exact) mass is 1630 g/mol. The van der Waals surface area contributed by atoms with Crippen LogP contribution in [0.1, 0.15) is 300 Å². The topological polar surface area (TPSA) is 234 Å². The van der Waals surface area contributed by atoms with Gasteiger partial charge in [0.15, 0.2) is 0 Å². The second-order valence-corrected chi connectivity index (χ2v) is 44.6. The first-order valence-corrected chi connectivity index (χ1v) is 44.5. The van der Waals surface area contributed by atoms with Gasteiger partial charge in [-0.25, -0.2) is 18.3 Å². The maximum atomic E-state index is 13.3. The third kappa shape index (κ3) is 24.8. The first kappa shape index (κ1) is 102. The second kappa shape index (κ2) is 36.0. The van der Waals surface area contributed by atoms with E-state index in [0.717, 1.165) is 134 Å². The van der Waals surface area contributed by atoms with E-state index < -0.39 is 31.3 Å². The SMILES string of the molecule is CC(C)(C)c1cc2c(c(C(C)(C)C)c1)OP(=O)([O-])Oc1c(cc(C(C)(C)C)cc1C(C)(C)C)C2.Cc1cc(C(C)(C)C)cc2c1OP(=O)([O-])Oc1c(C)cc(C(C)(C)C)cc1C2.Cc1cc(C)c2c(c1)Cc1cc(C)cc(C)c1OP(=O)([O-])O2.Cc1cc2c(c(C(C)(C)C)c1)OP(=O)([O-])Oc1c(cc(C)cc1C(C)(C)C)C2.[Li+].[Li+].[Li+].[Li+]. The van der Waals surface area contributed by atoms with Gasteiger partial charge in [0.05, 0.1) is 0 Å². The molecule has 608 valence electrons. The van der Waals surface area contributed by atoms with Crippen LogP contribution in [0.4, 0.5) is 0 Å². The van der Waals surface area contributed by atoms with E-state index in [1.54, 1.807) is 0 Å². The summed E-state index contributed by atoms with van der Waals surface area (Å²) in [5.41, 5.74) is 21.2. The minimum Gasteiger partial charge on any atom is -0.736 e. The Kier molecular flexibility index (Phi) is 31.6. The average molecular weight is 1630 g/mol. The van der Waals surface area contributed by atoms with Gasteiger partial charge < -0.3 is 55.8 Å². The summed E-state index contributed by atoms with van der Waals surface area (Å²) < 4.78 is 94.8. The van der Waals surface area contributed by atoms with Gasteiger partial charge in [-0.3, -0.25) is 0 Å². The molecular weight excluding hydrogens is 1510 g/mol. The molecule has 0 N–H and O–H groups in total. The molecule has 4 aliphatic heterocycles. The van der Waals surface area contributed by atoms with Gasteiger partial charge in [-0.05, 0) is 188 Å². The molecule has 0 aromatic heterocycles. The van der Waals surface area contributed by atoms with Crippen molar-refractivity contribution in [1.82, 2.24) is 0 Å². The molecule has 8 aromatic rings. The normalized spacial score (nSPS) is 15.6. The number of hydrogen-bond donors (Lipinski definition) is 0. The molecule has 8 aromatic carbocycles. The molecule has 0 spiro atoms. The van der Waals surface area contributed by atoms with Gasteiger partial charge in [-0.2, -0.15) is 0 Å². The standard InChI is InChI=1S/C29H43O4P.2C23H31O4P.C17H19O4P.4Li/c1-26(2,3)20-14-18-13-19-15-21(27(4,5)6)17-23(29(10,11)12)25(19)33-34(30,31)32-24(18)22(16-20)28(7,8)9;1-14-9-18(22(3,4)5)12-16-11-17-13-19(23(6,7)8)10-15(2)21(17)27-28(24,25)26-20(14)16;1-14-9-16-13-17-10-15(2)12-19(23(6,7)8)21(17)27-28(24,25)26-20(16)18(11-14)22(3,4)5;1-10-5-12(3)16-14(7-10)9-15-8-11(2)6-13(4)17(15)21-22(18,19)20-16;;;;/h14-17H,13H2,1-12H3,(H,30,31);9-10,12-13H,11H2,1-8H3,(H,24,25);9-12H,13H2,1-8H3,(H,24,25);5-8H,9H2,1-4H3,(H,18,19);;;;/q;;;;4*+1/p-4. The Morgan fingerprint density at radius 3 is 0.578 bits per heavy atom. The van der Waals surface area contributed by atoms with E-state index in [-0.39, 0.29) is 119 Å². The van der Waals surface area contributed by atoms with Crippen LogP contribution < -0.4 is 131 Å². The van der Waals surface area contributed by atoms with Gasteiger partial charge in [0.2, 0.25) is 0 Å². The van der Waals surface area contributed by atoms with Crippen molar-refractivity contribution in [2.75, 3.05) is 0 Å². The molecule has 0 unspecified atom stereocenters. The van der Waals surface area contributed by atoms with Crippen LogP contribution in [0, 0.1) is 55.4 Å². The summed E-state index contributed by atoms with van der Waals surface area (Å²) in [4.78, 5) is 50.9. The van der Waals surface area contributed by atoms with Crippen LogP contribution in [-0.4, -0.2) is 0 Å². The van der Waals surface area contributed by atoms with Crippen molar-refractivity contribution in [2.24, 2.45) is 0 Å². The van der Waals surface area contributed by atoms with Crippen LogP contribution in [0.5, 0.6) is 46.0 Å². The Balaban J connectivity index is 0.000000275. The third-order valence-electron chi connectivity index (χ3n) is 20.5. The zero-order valence-electron chi connectivity index (χ0n) is 76.4.